The Balaban J connectivity index is 2.32. The van der Waals surface area contributed by atoms with Crippen molar-refractivity contribution in [3.63, 3.8) is 0 Å². The summed E-state index contributed by atoms with van der Waals surface area (Å²) in [5.41, 5.74) is 3.55. The number of hydrogen-bond acceptors (Lipinski definition) is 2. The topological polar surface area (TPSA) is 26.3 Å². The van der Waals surface area contributed by atoms with E-state index in [-0.39, 0.29) is 5.97 Å². The van der Waals surface area contributed by atoms with Gasteiger partial charge in [-0.3, -0.25) is 4.79 Å². The van der Waals surface area contributed by atoms with Crippen LogP contribution in [0.1, 0.15) is 30.0 Å². The summed E-state index contributed by atoms with van der Waals surface area (Å²) in [4.78, 5) is 15.6. The molecule has 27 heavy (non-hydrogen) atoms. The summed E-state index contributed by atoms with van der Waals surface area (Å²) in [6, 6.07) is 25.0. The predicted octanol–water partition coefficient (Wildman–Crippen LogP) is 6.76. The van der Waals surface area contributed by atoms with Gasteiger partial charge in [0.2, 0.25) is 0 Å². The molecular weight excluding hydrogens is 352 g/mol. The van der Waals surface area contributed by atoms with Crippen molar-refractivity contribution in [3.8, 4) is 0 Å². The third-order valence-electron chi connectivity index (χ3n) is 4.57. The molecule has 0 aliphatic carbocycles. The van der Waals surface area contributed by atoms with Gasteiger partial charge in [0.05, 0.1) is 0 Å². The Kier molecular flexibility index (Phi) is 5.71. The molecule has 0 atom stereocenters. The van der Waals surface area contributed by atoms with Crippen LogP contribution in [-0.4, -0.2) is 5.97 Å². The van der Waals surface area contributed by atoms with Crippen molar-refractivity contribution in [2.24, 2.45) is 0 Å². The molecule has 0 amide bonds. The van der Waals surface area contributed by atoms with Crippen LogP contribution in [-0.2, 0) is 8.98 Å². The molecule has 140 valence electrons. The van der Waals surface area contributed by atoms with Gasteiger partial charge in [-0.2, -0.15) is 0 Å². The third-order valence-corrected chi connectivity index (χ3v) is 7.81. The maximum Gasteiger partial charge on any atom is 0.316 e. The Morgan fingerprint density at radius 3 is 1.22 bits per heavy atom. The minimum absolute atomic E-state index is 0.188. The lowest BCUT2D eigenvalue weighted by molar-refractivity contribution is -0.133. The Bertz CT molecular complexity index is 799. The van der Waals surface area contributed by atoms with Gasteiger partial charge in [-0.05, 0) is 67.5 Å². The van der Waals surface area contributed by atoms with E-state index in [2.05, 4.69) is 93.6 Å². The van der Waals surface area contributed by atoms with E-state index in [1.54, 1.807) is 0 Å². The van der Waals surface area contributed by atoms with Crippen LogP contribution in [0.2, 0.25) is 0 Å². The largest absolute Gasteiger partial charge is 0.402 e. The van der Waals surface area contributed by atoms with Crippen LogP contribution in [0.4, 0.5) is 0 Å². The Morgan fingerprint density at radius 2 is 0.963 bits per heavy atom. The van der Waals surface area contributed by atoms with Crippen LogP contribution >= 0.6 is 10.3 Å². The summed E-state index contributed by atoms with van der Waals surface area (Å²) in [7, 11) is -2.14. The van der Waals surface area contributed by atoms with Gasteiger partial charge in [-0.25, -0.2) is 0 Å². The highest BCUT2D eigenvalue weighted by molar-refractivity contribution is 8.30. The minimum atomic E-state index is -2.14. The second kappa shape index (κ2) is 8.01. The minimum Gasteiger partial charge on any atom is -0.402 e. The van der Waals surface area contributed by atoms with Crippen molar-refractivity contribution in [2.45, 2.75) is 48.8 Å². The quantitative estimate of drug-likeness (QED) is 0.490. The number of rotatable bonds is 5. The van der Waals surface area contributed by atoms with Gasteiger partial charge in [0.25, 0.3) is 0 Å². The second-order valence-electron chi connectivity index (χ2n) is 6.80. The van der Waals surface area contributed by atoms with E-state index in [1.807, 2.05) is 6.92 Å². The average molecular weight is 379 g/mol. The molecule has 3 aromatic rings. The fourth-order valence-corrected chi connectivity index (χ4v) is 6.00. The van der Waals surface area contributed by atoms with Crippen LogP contribution in [0.3, 0.4) is 0 Å². The van der Waals surface area contributed by atoms with Crippen molar-refractivity contribution in [1.29, 1.82) is 0 Å². The third kappa shape index (κ3) is 3.93. The lowest BCUT2D eigenvalue weighted by atomic mass is 10.2. The van der Waals surface area contributed by atoms with E-state index in [4.69, 9.17) is 4.18 Å². The van der Waals surface area contributed by atoms with E-state index in [9.17, 15) is 4.79 Å². The Hall–Kier alpha value is -2.52. The van der Waals surface area contributed by atoms with Crippen LogP contribution in [0.25, 0.3) is 0 Å². The summed E-state index contributed by atoms with van der Waals surface area (Å²) >= 11 is 0. The number of aryl methyl sites for hydroxylation is 3. The number of carbonyl (C=O) groups excluding carboxylic acids is 1. The monoisotopic (exact) mass is 378 g/mol. The van der Waals surface area contributed by atoms with Crippen LogP contribution in [0, 0.1) is 20.8 Å². The van der Waals surface area contributed by atoms with E-state index >= 15 is 0 Å². The lowest BCUT2D eigenvalue weighted by Crippen LogP contribution is -2.13. The number of hydrogen-bond donors (Lipinski definition) is 0. The maximum atomic E-state index is 12.5. The predicted molar refractivity (Wildman–Crippen MR) is 112 cm³/mol. The first-order valence-electron chi connectivity index (χ1n) is 9.21. The summed E-state index contributed by atoms with van der Waals surface area (Å²) in [6.45, 7) is 8.04. The van der Waals surface area contributed by atoms with Gasteiger partial charge in [0, 0.05) is 21.1 Å². The van der Waals surface area contributed by atoms with Crippen molar-refractivity contribution in [1.82, 2.24) is 0 Å². The molecule has 0 radical (unpaired) electrons. The molecule has 0 fully saturated rings. The van der Waals surface area contributed by atoms with Gasteiger partial charge in [0.1, 0.15) is 0 Å². The van der Waals surface area contributed by atoms with Gasteiger partial charge in [0.15, 0.2) is 0 Å². The average Bonchev–Trinajstić information content (AvgIpc) is 2.68. The highest BCUT2D eigenvalue weighted by Gasteiger charge is 2.35. The normalized spacial score (nSPS) is 11.9. The van der Waals surface area contributed by atoms with Crippen LogP contribution < -0.4 is 0 Å². The summed E-state index contributed by atoms with van der Waals surface area (Å²) in [5, 5.41) is 0. The van der Waals surface area contributed by atoms with Crippen molar-refractivity contribution in [3.05, 3.63) is 89.5 Å². The highest BCUT2D eigenvalue weighted by Crippen LogP contribution is 2.69. The molecule has 0 aromatic heterocycles. The molecule has 0 heterocycles. The molecular formula is C24H26O2S. The maximum absolute atomic E-state index is 12.5. The first-order valence-corrected chi connectivity index (χ1v) is 10.8. The molecule has 0 bridgehead atoms. The van der Waals surface area contributed by atoms with Crippen LogP contribution in [0.5, 0.6) is 0 Å². The molecule has 3 aromatic carbocycles. The van der Waals surface area contributed by atoms with Gasteiger partial charge >= 0.3 is 5.97 Å². The smallest absolute Gasteiger partial charge is 0.316 e. The molecule has 0 aliphatic rings. The first kappa shape index (κ1) is 19.2. The fraction of sp³-hybridized carbons (Fsp3) is 0.208. The van der Waals surface area contributed by atoms with E-state index in [0.29, 0.717) is 6.42 Å². The molecule has 0 unspecified atom stereocenters. The molecule has 2 nitrogen and oxygen atoms in total. The van der Waals surface area contributed by atoms with E-state index in [1.165, 1.54) is 16.7 Å². The molecule has 3 heteroatoms. The molecule has 0 saturated heterocycles. The van der Waals surface area contributed by atoms with E-state index < -0.39 is 10.3 Å². The van der Waals surface area contributed by atoms with Crippen molar-refractivity contribution >= 4 is 16.3 Å². The zero-order valence-electron chi connectivity index (χ0n) is 16.4. The summed E-state index contributed by atoms with van der Waals surface area (Å²) in [5.74, 6) is -0.188. The van der Waals surface area contributed by atoms with Gasteiger partial charge in [-0.1, -0.05) is 60.0 Å². The standard InChI is InChI=1S/C24H26O2S/c1-5-24(25)26-27(21-12-6-18(2)7-13-21,22-14-8-19(3)9-15-22)23-16-10-20(4)11-17-23/h6-17H,5H2,1-4H3. The zero-order chi connectivity index (χ0) is 19.4. The van der Waals surface area contributed by atoms with E-state index in [0.717, 1.165) is 14.7 Å². The number of carbonyl (C=O) groups is 1. The molecule has 0 spiro atoms. The lowest BCUT2D eigenvalue weighted by Gasteiger charge is -2.40. The Morgan fingerprint density at radius 1 is 0.667 bits per heavy atom. The molecule has 3 rings (SSSR count). The second-order valence-corrected chi connectivity index (χ2v) is 9.50. The van der Waals surface area contributed by atoms with Crippen molar-refractivity contribution in [2.75, 3.05) is 0 Å². The highest BCUT2D eigenvalue weighted by atomic mass is 32.3. The number of benzene rings is 3. The van der Waals surface area contributed by atoms with Gasteiger partial charge < -0.3 is 4.18 Å². The first-order chi connectivity index (χ1) is 13.0. The van der Waals surface area contributed by atoms with Gasteiger partial charge in [-0.15, -0.1) is 0 Å². The van der Waals surface area contributed by atoms with Crippen LogP contribution in [0.15, 0.2) is 87.5 Å². The molecule has 0 N–H and O–H groups in total. The molecule has 0 saturated carbocycles. The summed E-state index contributed by atoms with van der Waals surface area (Å²) in [6.07, 6.45) is 0.346. The SMILES string of the molecule is CCC(=O)OS(c1ccc(C)cc1)(c1ccc(C)cc1)c1ccc(C)cc1. The molecule has 0 aliphatic heterocycles. The zero-order valence-corrected chi connectivity index (χ0v) is 17.2. The van der Waals surface area contributed by atoms with Crippen molar-refractivity contribution < 1.29 is 8.98 Å². The summed E-state index contributed by atoms with van der Waals surface area (Å²) < 4.78 is 6.31. The Labute approximate surface area is 163 Å². The fourth-order valence-electron chi connectivity index (χ4n) is 2.94.